The summed E-state index contributed by atoms with van der Waals surface area (Å²) < 4.78 is 5.14. The maximum Gasteiger partial charge on any atom is 0.318 e. The molecule has 0 spiro atoms. The van der Waals surface area contributed by atoms with Crippen molar-refractivity contribution in [1.29, 1.82) is 0 Å². The number of halogens is 1. The number of carbonyl (C=O) groups is 1. The molecule has 2 N–H and O–H groups in total. The number of urea groups is 1. The third-order valence-electron chi connectivity index (χ3n) is 3.82. The second-order valence-electron chi connectivity index (χ2n) is 5.32. The van der Waals surface area contributed by atoms with Gasteiger partial charge in [-0.2, -0.15) is 4.98 Å². The molecule has 2 aromatic rings. The number of rotatable bonds is 4. The summed E-state index contributed by atoms with van der Waals surface area (Å²) >= 11 is 6.09. The Morgan fingerprint density at radius 3 is 3.09 bits per heavy atom. The molecule has 1 aliphatic rings. The fourth-order valence-electron chi connectivity index (χ4n) is 2.62. The van der Waals surface area contributed by atoms with E-state index in [9.17, 15) is 9.90 Å². The van der Waals surface area contributed by atoms with Crippen LogP contribution in [0.2, 0.25) is 5.02 Å². The molecule has 0 unspecified atom stereocenters. The number of nitrogens with one attached hydrogen (secondary N) is 1. The molecule has 7 nitrogen and oxygen atoms in total. The topological polar surface area (TPSA) is 91.5 Å². The first-order valence-electron chi connectivity index (χ1n) is 7.42. The molecule has 1 fully saturated rings. The van der Waals surface area contributed by atoms with Crippen LogP contribution in [-0.2, 0) is 6.54 Å². The van der Waals surface area contributed by atoms with Crippen LogP contribution >= 0.6 is 11.6 Å². The standard InChI is InChI=1S/C15H17ClN4O3/c16-12-6-2-1-5-11(12)14-18-13(23-19-14)8-17-15(22)20-7-3-4-10(20)9-21/h1-2,5-6,10,21H,3-4,7-9H2,(H,17,22)/t10-/m1/s1. The van der Waals surface area contributed by atoms with E-state index in [1.165, 1.54) is 0 Å². The van der Waals surface area contributed by atoms with E-state index in [1.54, 1.807) is 17.0 Å². The molecule has 23 heavy (non-hydrogen) atoms. The Balaban J connectivity index is 1.61. The molecule has 3 rings (SSSR count). The van der Waals surface area contributed by atoms with E-state index in [1.807, 2.05) is 12.1 Å². The quantitative estimate of drug-likeness (QED) is 0.891. The zero-order valence-electron chi connectivity index (χ0n) is 12.4. The van der Waals surface area contributed by atoms with E-state index in [4.69, 9.17) is 16.1 Å². The van der Waals surface area contributed by atoms with Gasteiger partial charge in [0.2, 0.25) is 11.7 Å². The normalized spacial score (nSPS) is 17.5. The second kappa shape index (κ2) is 6.97. The van der Waals surface area contributed by atoms with Gasteiger partial charge in [0.25, 0.3) is 0 Å². The molecule has 8 heteroatoms. The van der Waals surface area contributed by atoms with Gasteiger partial charge >= 0.3 is 6.03 Å². The van der Waals surface area contributed by atoms with Crippen LogP contribution in [0.5, 0.6) is 0 Å². The van der Waals surface area contributed by atoms with E-state index in [0.29, 0.717) is 28.8 Å². The SMILES string of the molecule is O=C(NCc1nc(-c2ccccc2Cl)no1)N1CCC[C@@H]1CO. The van der Waals surface area contributed by atoms with Crippen LogP contribution in [-0.4, -0.2) is 45.4 Å². The fourth-order valence-corrected chi connectivity index (χ4v) is 2.84. The highest BCUT2D eigenvalue weighted by molar-refractivity contribution is 6.33. The molecule has 1 saturated heterocycles. The van der Waals surface area contributed by atoms with E-state index in [-0.39, 0.29) is 25.2 Å². The molecule has 0 bridgehead atoms. The number of likely N-dealkylation sites (tertiary alicyclic amines) is 1. The summed E-state index contributed by atoms with van der Waals surface area (Å²) in [4.78, 5) is 18.0. The Bertz CT molecular complexity index is 691. The summed E-state index contributed by atoms with van der Waals surface area (Å²) in [6.45, 7) is 0.751. The second-order valence-corrected chi connectivity index (χ2v) is 5.73. The van der Waals surface area contributed by atoms with Gasteiger partial charge < -0.3 is 19.8 Å². The molecular formula is C15H17ClN4O3. The van der Waals surface area contributed by atoms with Crippen LogP contribution < -0.4 is 5.32 Å². The predicted octanol–water partition coefficient (Wildman–Crippen LogP) is 2.06. The number of aliphatic hydroxyl groups excluding tert-OH is 1. The molecule has 2 heterocycles. The smallest absolute Gasteiger partial charge is 0.318 e. The first-order valence-corrected chi connectivity index (χ1v) is 7.79. The zero-order valence-corrected chi connectivity index (χ0v) is 13.2. The fraction of sp³-hybridized carbons (Fsp3) is 0.400. The lowest BCUT2D eigenvalue weighted by Crippen LogP contribution is -2.43. The Hall–Kier alpha value is -2.12. The van der Waals surface area contributed by atoms with Gasteiger partial charge in [-0.05, 0) is 25.0 Å². The first-order chi connectivity index (χ1) is 11.2. The maximum absolute atomic E-state index is 12.1. The lowest BCUT2D eigenvalue weighted by Gasteiger charge is -2.22. The minimum absolute atomic E-state index is 0.0232. The lowest BCUT2D eigenvalue weighted by atomic mass is 10.2. The zero-order chi connectivity index (χ0) is 16.2. The average Bonchev–Trinajstić information content (AvgIpc) is 3.22. The van der Waals surface area contributed by atoms with Crippen molar-refractivity contribution in [3.8, 4) is 11.4 Å². The molecule has 1 atom stereocenters. The molecule has 1 aliphatic heterocycles. The van der Waals surface area contributed by atoms with Crippen LogP contribution in [0.25, 0.3) is 11.4 Å². The Labute approximate surface area is 138 Å². The lowest BCUT2D eigenvalue weighted by molar-refractivity contribution is 0.156. The van der Waals surface area contributed by atoms with Crippen LogP contribution in [0.1, 0.15) is 18.7 Å². The Morgan fingerprint density at radius 1 is 1.48 bits per heavy atom. The maximum atomic E-state index is 12.1. The van der Waals surface area contributed by atoms with E-state index >= 15 is 0 Å². The van der Waals surface area contributed by atoms with Crippen molar-refractivity contribution in [2.75, 3.05) is 13.2 Å². The number of hydrogen-bond acceptors (Lipinski definition) is 5. The molecule has 0 saturated carbocycles. The summed E-state index contributed by atoms with van der Waals surface area (Å²) in [5, 5.41) is 16.4. The number of carbonyl (C=O) groups excluding carboxylic acids is 1. The van der Waals surface area contributed by atoms with Gasteiger partial charge in [-0.15, -0.1) is 0 Å². The summed E-state index contributed by atoms with van der Waals surface area (Å²) in [6, 6.07) is 6.85. The molecular weight excluding hydrogens is 320 g/mol. The number of nitrogens with zero attached hydrogens (tertiary/aromatic N) is 3. The summed E-state index contributed by atoms with van der Waals surface area (Å²) in [5.41, 5.74) is 0.676. The minimum Gasteiger partial charge on any atom is -0.394 e. The molecule has 2 amide bonds. The van der Waals surface area contributed by atoms with Crippen molar-refractivity contribution in [3.05, 3.63) is 35.2 Å². The average molecular weight is 337 g/mol. The molecule has 122 valence electrons. The van der Waals surface area contributed by atoms with Crippen molar-refractivity contribution in [3.63, 3.8) is 0 Å². The minimum atomic E-state index is -0.237. The third-order valence-corrected chi connectivity index (χ3v) is 4.15. The molecule has 1 aromatic carbocycles. The third kappa shape index (κ3) is 3.46. The van der Waals surface area contributed by atoms with Gasteiger partial charge in [0, 0.05) is 12.1 Å². The van der Waals surface area contributed by atoms with Crippen molar-refractivity contribution >= 4 is 17.6 Å². The largest absolute Gasteiger partial charge is 0.394 e. The number of amides is 2. The van der Waals surface area contributed by atoms with Crippen LogP contribution in [0, 0.1) is 0 Å². The summed E-state index contributed by atoms with van der Waals surface area (Å²) in [7, 11) is 0. The van der Waals surface area contributed by atoms with Gasteiger partial charge in [-0.3, -0.25) is 0 Å². The Kier molecular flexibility index (Phi) is 4.78. The number of benzene rings is 1. The van der Waals surface area contributed by atoms with Gasteiger partial charge in [0.05, 0.1) is 24.2 Å². The molecule has 0 radical (unpaired) electrons. The van der Waals surface area contributed by atoms with Crippen LogP contribution in [0.15, 0.2) is 28.8 Å². The van der Waals surface area contributed by atoms with Crippen LogP contribution in [0.3, 0.4) is 0 Å². The predicted molar refractivity (Wildman–Crippen MR) is 83.8 cm³/mol. The van der Waals surface area contributed by atoms with E-state index < -0.39 is 0 Å². The van der Waals surface area contributed by atoms with Crippen molar-refractivity contribution < 1.29 is 14.4 Å². The first kappa shape index (κ1) is 15.8. The van der Waals surface area contributed by atoms with Crippen molar-refractivity contribution in [2.45, 2.75) is 25.4 Å². The van der Waals surface area contributed by atoms with Gasteiger partial charge in [0.1, 0.15) is 0 Å². The van der Waals surface area contributed by atoms with Gasteiger partial charge in [-0.1, -0.05) is 28.9 Å². The van der Waals surface area contributed by atoms with Gasteiger partial charge in [0.15, 0.2) is 0 Å². The van der Waals surface area contributed by atoms with E-state index in [2.05, 4.69) is 15.5 Å². The van der Waals surface area contributed by atoms with Crippen molar-refractivity contribution in [2.24, 2.45) is 0 Å². The molecule has 1 aromatic heterocycles. The Morgan fingerprint density at radius 2 is 2.30 bits per heavy atom. The number of aliphatic hydroxyl groups is 1. The number of hydrogen-bond donors (Lipinski definition) is 2. The van der Waals surface area contributed by atoms with Crippen LogP contribution in [0.4, 0.5) is 4.79 Å². The highest BCUT2D eigenvalue weighted by Crippen LogP contribution is 2.24. The monoisotopic (exact) mass is 336 g/mol. The van der Waals surface area contributed by atoms with Gasteiger partial charge in [-0.25, -0.2) is 4.79 Å². The summed E-state index contributed by atoms with van der Waals surface area (Å²) in [5.74, 6) is 0.683. The van der Waals surface area contributed by atoms with E-state index in [0.717, 1.165) is 12.8 Å². The highest BCUT2D eigenvalue weighted by atomic mass is 35.5. The summed E-state index contributed by atoms with van der Waals surface area (Å²) in [6.07, 6.45) is 1.72. The number of aromatic nitrogens is 2. The highest BCUT2D eigenvalue weighted by Gasteiger charge is 2.28. The molecule has 0 aliphatic carbocycles. The van der Waals surface area contributed by atoms with Crippen molar-refractivity contribution in [1.82, 2.24) is 20.4 Å².